The average Bonchev–Trinajstić information content (AvgIpc) is 3.42. The summed E-state index contributed by atoms with van der Waals surface area (Å²) in [6.45, 7) is 17.3. The minimum absolute atomic E-state index is 0.0430. The van der Waals surface area contributed by atoms with Crippen molar-refractivity contribution in [2.45, 2.75) is 183 Å². The standard InChI is InChI=1S/C46H76O2/c1-8-9-10-11-12-13-14-15-16-17-18-19-20-21-22-23-44(47)48-39-30-32-45(6)38(34-39)26-27-40-42-29-28-41(46(42,7)33-31-43(40)45)37(5)25-24-36(4)35(2)3/h9-10,12-13,15-16,26,35-37,39-43H,8,11,14,17-25,27-34H2,1-7H3/b10-9-,13-12-,16-15-/t36-,37+,39-,40-,41+,42-,43-,45-,46+/m0/s1. The topological polar surface area (TPSA) is 26.3 Å². The highest BCUT2D eigenvalue weighted by atomic mass is 16.5. The third-order valence-electron chi connectivity index (χ3n) is 14.4. The second-order valence-electron chi connectivity index (χ2n) is 17.7. The van der Waals surface area contributed by atoms with Gasteiger partial charge in [0.2, 0.25) is 0 Å². The molecule has 48 heavy (non-hydrogen) atoms. The van der Waals surface area contributed by atoms with E-state index in [0.29, 0.717) is 17.3 Å². The lowest BCUT2D eigenvalue weighted by Gasteiger charge is -2.58. The van der Waals surface area contributed by atoms with Crippen molar-refractivity contribution in [2.75, 3.05) is 0 Å². The van der Waals surface area contributed by atoms with Crippen LogP contribution in [0, 0.1) is 52.3 Å². The van der Waals surface area contributed by atoms with Crippen LogP contribution in [0.3, 0.4) is 0 Å². The number of rotatable bonds is 19. The van der Waals surface area contributed by atoms with Crippen LogP contribution in [-0.4, -0.2) is 12.1 Å². The third-order valence-corrected chi connectivity index (χ3v) is 14.4. The number of esters is 1. The molecule has 0 saturated heterocycles. The highest BCUT2D eigenvalue weighted by Crippen LogP contribution is 2.67. The molecule has 0 amide bonds. The van der Waals surface area contributed by atoms with Gasteiger partial charge in [-0.2, -0.15) is 0 Å². The van der Waals surface area contributed by atoms with Crippen LogP contribution in [0.5, 0.6) is 0 Å². The van der Waals surface area contributed by atoms with Crippen LogP contribution in [0.4, 0.5) is 0 Å². The lowest BCUT2D eigenvalue weighted by molar-refractivity contribution is -0.151. The van der Waals surface area contributed by atoms with E-state index in [0.717, 1.165) is 86.4 Å². The number of unbranched alkanes of at least 4 members (excludes halogenated alkanes) is 5. The second-order valence-corrected chi connectivity index (χ2v) is 17.7. The van der Waals surface area contributed by atoms with E-state index in [1.807, 2.05) is 0 Å². The van der Waals surface area contributed by atoms with Crippen LogP contribution in [0.15, 0.2) is 48.1 Å². The van der Waals surface area contributed by atoms with E-state index in [1.54, 1.807) is 5.57 Å². The SMILES string of the molecule is CC/C=C\C/C=C\C/C=C\CCCCCCCC(=O)O[C@H]1CC[C@@]2(C)C(=CC[C@H]3[C@@H]4CC[C@H]([C@H](C)CC[C@H](C)C(C)C)[C@@]4(C)CC[C@@H]32)C1. The molecular formula is C46H76O2. The molecule has 272 valence electrons. The van der Waals surface area contributed by atoms with Gasteiger partial charge in [-0.25, -0.2) is 0 Å². The zero-order valence-corrected chi connectivity index (χ0v) is 32.6. The molecular weight excluding hydrogens is 585 g/mol. The molecule has 0 aliphatic heterocycles. The molecule has 0 heterocycles. The molecule has 0 bridgehead atoms. The van der Waals surface area contributed by atoms with Gasteiger partial charge in [0, 0.05) is 12.8 Å². The maximum Gasteiger partial charge on any atom is 0.306 e. The van der Waals surface area contributed by atoms with Crippen LogP contribution in [0.25, 0.3) is 0 Å². The molecule has 9 atom stereocenters. The van der Waals surface area contributed by atoms with Crippen molar-refractivity contribution in [1.29, 1.82) is 0 Å². The first kappa shape index (κ1) is 39.2. The van der Waals surface area contributed by atoms with Gasteiger partial charge in [-0.15, -0.1) is 0 Å². The number of ether oxygens (including phenoxy) is 1. The number of carbonyl (C=O) groups excluding carboxylic acids is 1. The Morgan fingerprint density at radius 2 is 1.54 bits per heavy atom. The number of carbonyl (C=O) groups is 1. The van der Waals surface area contributed by atoms with Gasteiger partial charge in [-0.05, 0) is 136 Å². The average molecular weight is 661 g/mol. The summed E-state index contributed by atoms with van der Waals surface area (Å²) in [5.41, 5.74) is 2.49. The van der Waals surface area contributed by atoms with Gasteiger partial charge in [0.1, 0.15) is 6.10 Å². The molecule has 0 unspecified atom stereocenters. The highest BCUT2D eigenvalue weighted by molar-refractivity contribution is 5.69. The fourth-order valence-corrected chi connectivity index (χ4v) is 10.9. The predicted molar refractivity (Wildman–Crippen MR) is 207 cm³/mol. The molecule has 0 spiro atoms. The van der Waals surface area contributed by atoms with E-state index >= 15 is 0 Å². The number of allylic oxidation sites excluding steroid dienone is 7. The summed E-state index contributed by atoms with van der Waals surface area (Å²) < 4.78 is 6.12. The summed E-state index contributed by atoms with van der Waals surface area (Å²) in [5.74, 6) is 6.04. The first-order valence-electron chi connectivity index (χ1n) is 20.9. The molecule has 4 aliphatic carbocycles. The van der Waals surface area contributed by atoms with Crippen molar-refractivity contribution < 1.29 is 9.53 Å². The smallest absolute Gasteiger partial charge is 0.306 e. The first-order valence-corrected chi connectivity index (χ1v) is 20.9. The zero-order chi connectivity index (χ0) is 34.6. The Labute approximate surface area is 298 Å². The first-order chi connectivity index (χ1) is 23.1. The summed E-state index contributed by atoms with van der Waals surface area (Å²) in [6, 6.07) is 0. The van der Waals surface area contributed by atoms with Gasteiger partial charge >= 0.3 is 5.97 Å². The second kappa shape index (κ2) is 19.2. The molecule has 3 saturated carbocycles. The Morgan fingerprint density at radius 3 is 2.29 bits per heavy atom. The van der Waals surface area contributed by atoms with Crippen molar-refractivity contribution in [3.8, 4) is 0 Å². The molecule has 2 heteroatoms. The number of fused-ring (bicyclic) bond motifs is 5. The fourth-order valence-electron chi connectivity index (χ4n) is 10.9. The van der Waals surface area contributed by atoms with Crippen molar-refractivity contribution in [3.05, 3.63) is 48.1 Å². The van der Waals surface area contributed by atoms with Crippen LogP contribution >= 0.6 is 0 Å². The van der Waals surface area contributed by atoms with E-state index in [2.05, 4.69) is 91.0 Å². The summed E-state index contributed by atoms with van der Waals surface area (Å²) in [4.78, 5) is 12.8. The molecule has 4 aliphatic rings. The monoisotopic (exact) mass is 661 g/mol. The summed E-state index contributed by atoms with van der Waals surface area (Å²) in [6.07, 6.45) is 40.2. The Morgan fingerprint density at radius 1 is 0.833 bits per heavy atom. The maximum atomic E-state index is 12.8. The van der Waals surface area contributed by atoms with E-state index in [-0.39, 0.29) is 12.1 Å². The van der Waals surface area contributed by atoms with E-state index in [9.17, 15) is 4.79 Å². The van der Waals surface area contributed by atoms with E-state index < -0.39 is 0 Å². The van der Waals surface area contributed by atoms with E-state index in [1.165, 1.54) is 77.0 Å². The summed E-state index contributed by atoms with van der Waals surface area (Å²) in [7, 11) is 0. The molecule has 2 nitrogen and oxygen atoms in total. The predicted octanol–water partition coefficient (Wildman–Crippen LogP) is 13.8. The van der Waals surface area contributed by atoms with Crippen LogP contribution in [0.2, 0.25) is 0 Å². The van der Waals surface area contributed by atoms with Crippen molar-refractivity contribution >= 4 is 5.97 Å². The minimum Gasteiger partial charge on any atom is -0.462 e. The van der Waals surface area contributed by atoms with Crippen molar-refractivity contribution in [2.24, 2.45) is 52.3 Å². The van der Waals surface area contributed by atoms with Gasteiger partial charge in [0.05, 0.1) is 0 Å². The highest BCUT2D eigenvalue weighted by Gasteiger charge is 2.59. The molecule has 3 fully saturated rings. The molecule has 0 aromatic rings. The number of hydrogen-bond acceptors (Lipinski definition) is 2. The normalized spacial score (nSPS) is 33.2. The molecule has 0 N–H and O–H groups in total. The lowest BCUT2D eigenvalue weighted by Crippen LogP contribution is -2.51. The summed E-state index contributed by atoms with van der Waals surface area (Å²) >= 11 is 0. The van der Waals surface area contributed by atoms with Gasteiger partial charge in [0.15, 0.2) is 0 Å². The van der Waals surface area contributed by atoms with Gasteiger partial charge in [0.25, 0.3) is 0 Å². The quantitative estimate of drug-likeness (QED) is 0.0783. The van der Waals surface area contributed by atoms with Crippen LogP contribution in [0.1, 0.15) is 177 Å². The Bertz CT molecular complexity index is 1090. The summed E-state index contributed by atoms with van der Waals surface area (Å²) in [5, 5.41) is 0. The van der Waals surface area contributed by atoms with E-state index in [4.69, 9.17) is 4.74 Å². The van der Waals surface area contributed by atoms with Crippen LogP contribution < -0.4 is 0 Å². The Hall–Kier alpha value is -1.57. The molecule has 0 aromatic carbocycles. The Kier molecular flexibility index (Phi) is 15.6. The van der Waals surface area contributed by atoms with Gasteiger partial charge in [-0.3, -0.25) is 4.79 Å². The van der Waals surface area contributed by atoms with Crippen LogP contribution in [-0.2, 0) is 9.53 Å². The molecule has 4 rings (SSSR count). The van der Waals surface area contributed by atoms with Crippen molar-refractivity contribution in [3.63, 3.8) is 0 Å². The zero-order valence-electron chi connectivity index (χ0n) is 32.6. The molecule has 0 aromatic heterocycles. The fraction of sp³-hybridized carbons (Fsp3) is 0.804. The van der Waals surface area contributed by atoms with Gasteiger partial charge < -0.3 is 4.74 Å². The van der Waals surface area contributed by atoms with Gasteiger partial charge in [-0.1, -0.05) is 129 Å². The lowest BCUT2D eigenvalue weighted by atomic mass is 9.47. The minimum atomic E-state index is 0.0430. The third kappa shape index (κ3) is 10.2. The molecule has 0 radical (unpaired) electrons. The largest absolute Gasteiger partial charge is 0.462 e. The number of hydrogen-bond donors (Lipinski definition) is 0. The maximum absolute atomic E-state index is 12.8. The van der Waals surface area contributed by atoms with Crippen molar-refractivity contribution in [1.82, 2.24) is 0 Å². The Balaban J connectivity index is 1.14.